The lowest BCUT2D eigenvalue weighted by atomic mass is 9.78. The molecule has 7 heteroatoms. The Bertz CT molecular complexity index is 651. The fraction of sp³-hybridized carbons (Fsp3) is 0.529. The highest BCUT2D eigenvalue weighted by molar-refractivity contribution is 6.29. The van der Waals surface area contributed by atoms with Gasteiger partial charge in [0.05, 0.1) is 6.07 Å². The number of aryl methyl sites for hydroxylation is 1. The minimum absolute atomic E-state index is 0.276. The number of nitrogens with two attached hydrogens (primary N) is 1. The number of amides is 2. The van der Waals surface area contributed by atoms with Gasteiger partial charge >= 0.3 is 0 Å². The van der Waals surface area contributed by atoms with Crippen LogP contribution in [-0.2, 0) is 16.0 Å². The average Bonchev–Trinajstić information content (AvgIpc) is 2.53. The molecular weight excluding hydrogens is 328 g/mol. The Hall–Kier alpha value is -2.13. The SMILES string of the molecule is Cc1cc(CC(C#N)NC(=O)[C@@H]2CCCC[C@@H]2C(N)=O)cc(Cl)n1. The summed E-state index contributed by atoms with van der Waals surface area (Å²) in [6, 6.07) is 4.91. The van der Waals surface area contributed by atoms with Gasteiger partial charge in [-0.1, -0.05) is 24.4 Å². The summed E-state index contributed by atoms with van der Waals surface area (Å²) in [6.45, 7) is 1.81. The van der Waals surface area contributed by atoms with Gasteiger partial charge in [0.1, 0.15) is 11.2 Å². The summed E-state index contributed by atoms with van der Waals surface area (Å²) in [5.74, 6) is -1.62. The van der Waals surface area contributed by atoms with Crippen molar-refractivity contribution in [1.29, 1.82) is 5.26 Å². The fourth-order valence-corrected chi connectivity index (χ4v) is 3.52. The monoisotopic (exact) mass is 348 g/mol. The Kier molecular flexibility index (Phi) is 6.16. The first-order valence-electron chi connectivity index (χ1n) is 8.03. The molecule has 1 aliphatic carbocycles. The topological polar surface area (TPSA) is 109 Å². The van der Waals surface area contributed by atoms with Crippen molar-refractivity contribution in [3.63, 3.8) is 0 Å². The minimum Gasteiger partial charge on any atom is -0.369 e. The number of carbonyl (C=O) groups is 2. The molecular formula is C17H21ClN4O2. The van der Waals surface area contributed by atoms with Crippen molar-refractivity contribution in [2.75, 3.05) is 0 Å². The predicted molar refractivity (Wildman–Crippen MR) is 89.9 cm³/mol. The number of nitrogens with zero attached hydrogens (tertiary/aromatic N) is 2. The van der Waals surface area contributed by atoms with Gasteiger partial charge < -0.3 is 11.1 Å². The normalized spacial score (nSPS) is 21.5. The number of halogens is 1. The zero-order valence-corrected chi connectivity index (χ0v) is 14.3. The maximum atomic E-state index is 12.5. The molecule has 1 unspecified atom stereocenters. The van der Waals surface area contributed by atoms with Gasteiger partial charge in [0.2, 0.25) is 11.8 Å². The molecule has 1 fully saturated rings. The smallest absolute Gasteiger partial charge is 0.224 e. The number of hydrogen-bond acceptors (Lipinski definition) is 4. The summed E-state index contributed by atoms with van der Waals surface area (Å²) in [6.07, 6.45) is 3.37. The van der Waals surface area contributed by atoms with Crippen LogP contribution < -0.4 is 11.1 Å². The quantitative estimate of drug-likeness (QED) is 0.792. The number of aromatic nitrogens is 1. The third kappa shape index (κ3) is 4.68. The molecule has 1 heterocycles. The van der Waals surface area contributed by atoms with Gasteiger partial charge in [0.15, 0.2) is 0 Å². The first-order valence-corrected chi connectivity index (χ1v) is 8.41. The number of carbonyl (C=O) groups excluding carboxylic acids is 2. The Labute approximate surface area is 146 Å². The van der Waals surface area contributed by atoms with Crippen molar-refractivity contribution in [3.8, 4) is 6.07 Å². The molecule has 1 aliphatic rings. The molecule has 1 aromatic heterocycles. The van der Waals surface area contributed by atoms with Crippen LogP contribution >= 0.6 is 11.6 Å². The Morgan fingerprint density at radius 2 is 2.08 bits per heavy atom. The number of pyridine rings is 1. The predicted octanol–water partition coefficient (Wildman–Crippen LogP) is 1.89. The van der Waals surface area contributed by atoms with Crippen LogP contribution in [0.4, 0.5) is 0 Å². The molecule has 3 atom stereocenters. The van der Waals surface area contributed by atoms with E-state index in [0.717, 1.165) is 24.1 Å². The standard InChI is InChI=1S/C17H21ClN4O2/c1-10-6-11(8-15(18)21-10)7-12(9-19)22-17(24)14-5-3-2-4-13(14)16(20)23/h6,8,12-14H,2-5,7H2,1H3,(H2,20,23)(H,22,24)/t12?,13-,14+/m0/s1. The zero-order valence-electron chi connectivity index (χ0n) is 13.6. The lowest BCUT2D eigenvalue weighted by molar-refractivity contribution is -0.135. The summed E-state index contributed by atoms with van der Waals surface area (Å²) in [5, 5.41) is 12.4. The van der Waals surface area contributed by atoms with Gasteiger partial charge in [-0.15, -0.1) is 0 Å². The van der Waals surface area contributed by atoms with Crippen LogP contribution in [0.1, 0.15) is 36.9 Å². The van der Waals surface area contributed by atoms with E-state index >= 15 is 0 Å². The second kappa shape index (κ2) is 8.11. The summed E-state index contributed by atoms with van der Waals surface area (Å²) in [5.41, 5.74) is 6.99. The van der Waals surface area contributed by atoms with Crippen molar-refractivity contribution in [1.82, 2.24) is 10.3 Å². The van der Waals surface area contributed by atoms with Crippen LogP contribution in [0.3, 0.4) is 0 Å². The highest BCUT2D eigenvalue weighted by Gasteiger charge is 2.35. The van der Waals surface area contributed by atoms with Gasteiger partial charge in [0.25, 0.3) is 0 Å². The summed E-state index contributed by atoms with van der Waals surface area (Å²) in [7, 11) is 0. The van der Waals surface area contributed by atoms with E-state index in [9.17, 15) is 14.9 Å². The van der Waals surface area contributed by atoms with E-state index in [0.29, 0.717) is 24.4 Å². The van der Waals surface area contributed by atoms with Crippen LogP contribution in [0.5, 0.6) is 0 Å². The third-order valence-electron chi connectivity index (χ3n) is 4.36. The van der Waals surface area contributed by atoms with E-state index in [1.165, 1.54) is 0 Å². The number of nitrogens with one attached hydrogen (secondary N) is 1. The van der Waals surface area contributed by atoms with Crippen LogP contribution in [0, 0.1) is 30.1 Å². The van der Waals surface area contributed by atoms with Gasteiger partial charge in [-0.3, -0.25) is 9.59 Å². The molecule has 0 bridgehead atoms. The van der Waals surface area contributed by atoms with E-state index in [4.69, 9.17) is 17.3 Å². The first kappa shape index (κ1) is 18.2. The van der Waals surface area contributed by atoms with Crippen molar-refractivity contribution in [2.24, 2.45) is 17.6 Å². The molecule has 0 aliphatic heterocycles. The molecule has 0 aromatic carbocycles. The second-order valence-electron chi connectivity index (χ2n) is 6.23. The number of hydrogen-bond donors (Lipinski definition) is 2. The largest absolute Gasteiger partial charge is 0.369 e. The summed E-state index contributed by atoms with van der Waals surface area (Å²) >= 11 is 5.93. The van der Waals surface area contributed by atoms with E-state index in [-0.39, 0.29) is 5.91 Å². The Morgan fingerprint density at radius 1 is 1.42 bits per heavy atom. The molecule has 6 nitrogen and oxygen atoms in total. The molecule has 24 heavy (non-hydrogen) atoms. The summed E-state index contributed by atoms with van der Waals surface area (Å²) < 4.78 is 0. The van der Waals surface area contributed by atoms with Crippen LogP contribution in [0.15, 0.2) is 12.1 Å². The molecule has 2 rings (SSSR count). The molecule has 128 valence electrons. The van der Waals surface area contributed by atoms with Crippen molar-refractivity contribution >= 4 is 23.4 Å². The van der Waals surface area contributed by atoms with E-state index in [1.807, 2.05) is 13.0 Å². The summed E-state index contributed by atoms with van der Waals surface area (Å²) in [4.78, 5) is 28.1. The lowest BCUT2D eigenvalue weighted by Crippen LogP contribution is -2.45. The van der Waals surface area contributed by atoms with Crippen LogP contribution in [0.2, 0.25) is 5.15 Å². The Balaban J connectivity index is 2.05. The first-order chi connectivity index (χ1) is 11.4. The third-order valence-corrected chi connectivity index (χ3v) is 4.56. The number of nitriles is 1. The maximum Gasteiger partial charge on any atom is 0.224 e. The fourth-order valence-electron chi connectivity index (χ4n) is 3.24. The molecule has 0 saturated heterocycles. The molecule has 1 aromatic rings. The molecule has 0 spiro atoms. The van der Waals surface area contributed by atoms with Gasteiger partial charge in [-0.2, -0.15) is 5.26 Å². The van der Waals surface area contributed by atoms with Crippen LogP contribution in [0.25, 0.3) is 0 Å². The molecule has 1 saturated carbocycles. The second-order valence-corrected chi connectivity index (χ2v) is 6.62. The van der Waals surface area contributed by atoms with E-state index in [2.05, 4.69) is 16.4 Å². The average molecular weight is 349 g/mol. The van der Waals surface area contributed by atoms with Crippen molar-refractivity contribution < 1.29 is 9.59 Å². The highest BCUT2D eigenvalue weighted by Crippen LogP contribution is 2.30. The Morgan fingerprint density at radius 3 is 2.67 bits per heavy atom. The lowest BCUT2D eigenvalue weighted by Gasteiger charge is -2.29. The molecule has 3 N–H and O–H groups in total. The maximum absolute atomic E-state index is 12.5. The number of rotatable bonds is 5. The molecule has 2 amide bonds. The van der Waals surface area contributed by atoms with Crippen LogP contribution in [-0.4, -0.2) is 22.8 Å². The van der Waals surface area contributed by atoms with Gasteiger partial charge in [-0.05, 0) is 37.5 Å². The van der Waals surface area contributed by atoms with E-state index in [1.54, 1.807) is 6.07 Å². The molecule has 0 radical (unpaired) electrons. The van der Waals surface area contributed by atoms with Gasteiger partial charge in [-0.25, -0.2) is 4.98 Å². The number of primary amides is 1. The highest BCUT2D eigenvalue weighted by atomic mass is 35.5. The zero-order chi connectivity index (χ0) is 17.7. The van der Waals surface area contributed by atoms with Crippen molar-refractivity contribution in [2.45, 2.75) is 45.1 Å². The van der Waals surface area contributed by atoms with E-state index < -0.39 is 23.8 Å². The van der Waals surface area contributed by atoms with Gasteiger partial charge in [0, 0.05) is 24.0 Å². The van der Waals surface area contributed by atoms with Crippen molar-refractivity contribution in [3.05, 3.63) is 28.5 Å². The minimum atomic E-state index is -0.689.